The third-order valence-corrected chi connectivity index (χ3v) is 8.16. The quantitative estimate of drug-likeness (QED) is 0.183. The van der Waals surface area contributed by atoms with Crippen LogP contribution in [0.3, 0.4) is 0 Å². The van der Waals surface area contributed by atoms with Gasteiger partial charge in [-0.3, -0.25) is 4.79 Å². The number of halogens is 3. The number of hydrogen-bond acceptors (Lipinski definition) is 5. The zero-order chi connectivity index (χ0) is 30.9. The van der Waals surface area contributed by atoms with Crippen molar-refractivity contribution in [2.75, 3.05) is 64.4 Å². The summed E-state index contributed by atoms with van der Waals surface area (Å²) in [6, 6.07) is 27.5. The Bertz CT molecular complexity index is 1480. The molecule has 5 rings (SSSR count). The minimum absolute atomic E-state index is 0.0173. The number of benzene rings is 3. The summed E-state index contributed by atoms with van der Waals surface area (Å²) < 4.78 is 44.8. The Hall–Kier alpha value is -3.89. The van der Waals surface area contributed by atoms with E-state index in [9.17, 15) is 18.0 Å². The third kappa shape index (κ3) is 8.39. The Kier molecular flexibility index (Phi) is 10.6. The lowest BCUT2D eigenvalue weighted by molar-refractivity contribution is -0.174. The van der Waals surface area contributed by atoms with Gasteiger partial charge in [-0.05, 0) is 55.8 Å². The van der Waals surface area contributed by atoms with E-state index < -0.39 is 12.8 Å². The van der Waals surface area contributed by atoms with Gasteiger partial charge in [0.2, 0.25) is 5.95 Å². The van der Waals surface area contributed by atoms with E-state index in [-0.39, 0.29) is 18.4 Å². The lowest BCUT2D eigenvalue weighted by Crippen LogP contribution is -2.35. The van der Waals surface area contributed by atoms with Gasteiger partial charge in [0, 0.05) is 51.3 Å². The molecule has 1 fully saturated rings. The van der Waals surface area contributed by atoms with E-state index in [1.807, 2.05) is 89.3 Å². The van der Waals surface area contributed by atoms with Gasteiger partial charge in [-0.1, -0.05) is 60.7 Å². The average molecular weight is 608 g/mol. The first-order chi connectivity index (χ1) is 21.3. The molecule has 1 unspecified atom stereocenters. The number of amides is 1. The van der Waals surface area contributed by atoms with Gasteiger partial charge in [0.05, 0.1) is 17.6 Å². The number of carbonyl (C=O) groups is 1. The molecule has 0 radical (unpaired) electrons. The molecule has 1 atom stereocenters. The van der Waals surface area contributed by atoms with Gasteiger partial charge in [-0.15, -0.1) is 0 Å². The number of anilines is 1. The van der Waals surface area contributed by atoms with Gasteiger partial charge >= 0.3 is 6.18 Å². The van der Waals surface area contributed by atoms with Crippen molar-refractivity contribution in [3.63, 3.8) is 0 Å². The molecule has 0 bridgehead atoms. The third-order valence-electron chi connectivity index (χ3n) is 8.16. The highest BCUT2D eigenvalue weighted by atomic mass is 19.4. The van der Waals surface area contributed by atoms with Crippen LogP contribution in [0, 0.1) is 0 Å². The van der Waals surface area contributed by atoms with Gasteiger partial charge in [0.1, 0.15) is 6.61 Å². The predicted octanol–water partition coefficient (Wildman–Crippen LogP) is 6.07. The SMILES string of the molecule is CN(CC(CCN1CCCN(c2nc3ccccc3n2CCOCC(F)(F)F)CC1)c1ccccc1)C(=O)c1ccccc1. The molecule has 1 aliphatic heterocycles. The van der Waals surface area contributed by atoms with Gasteiger partial charge < -0.3 is 24.0 Å². The first kappa shape index (κ1) is 31.5. The number of para-hydroxylation sites is 2. The van der Waals surface area contributed by atoms with Gasteiger partial charge in [-0.25, -0.2) is 4.98 Å². The molecule has 0 N–H and O–H groups in total. The molecule has 2 heterocycles. The Morgan fingerprint density at radius 2 is 1.61 bits per heavy atom. The minimum atomic E-state index is -4.35. The summed E-state index contributed by atoms with van der Waals surface area (Å²) >= 11 is 0. The van der Waals surface area contributed by atoms with Crippen LogP contribution in [0.1, 0.15) is 34.7 Å². The second kappa shape index (κ2) is 14.7. The van der Waals surface area contributed by atoms with Crippen LogP contribution in [0.15, 0.2) is 84.9 Å². The van der Waals surface area contributed by atoms with E-state index in [1.54, 1.807) is 0 Å². The fraction of sp³-hybridized carbons (Fsp3) is 0.412. The van der Waals surface area contributed by atoms with Crippen LogP contribution in [0.4, 0.5) is 19.1 Å². The van der Waals surface area contributed by atoms with Gasteiger partial charge in [-0.2, -0.15) is 13.2 Å². The van der Waals surface area contributed by atoms with Crippen molar-refractivity contribution in [3.05, 3.63) is 96.1 Å². The molecule has 0 aliphatic carbocycles. The summed E-state index contributed by atoms with van der Waals surface area (Å²) in [7, 11) is 1.87. The van der Waals surface area contributed by atoms with Crippen LogP contribution in [0.25, 0.3) is 11.0 Å². The number of rotatable bonds is 12. The maximum absolute atomic E-state index is 13.1. The van der Waals surface area contributed by atoms with Crippen molar-refractivity contribution >= 4 is 22.9 Å². The molecule has 1 aromatic heterocycles. The summed E-state index contributed by atoms with van der Waals surface area (Å²) in [4.78, 5) is 24.5. The van der Waals surface area contributed by atoms with Crippen LogP contribution in [-0.2, 0) is 11.3 Å². The highest BCUT2D eigenvalue weighted by molar-refractivity contribution is 5.94. The topological polar surface area (TPSA) is 53.8 Å². The Morgan fingerprint density at radius 1 is 0.909 bits per heavy atom. The number of carbonyl (C=O) groups excluding carboxylic acids is 1. The van der Waals surface area contributed by atoms with Crippen molar-refractivity contribution < 1.29 is 22.7 Å². The van der Waals surface area contributed by atoms with E-state index in [0.717, 1.165) is 62.5 Å². The fourth-order valence-corrected chi connectivity index (χ4v) is 5.90. The van der Waals surface area contributed by atoms with Crippen LogP contribution >= 0.6 is 0 Å². The predicted molar refractivity (Wildman–Crippen MR) is 167 cm³/mol. The van der Waals surface area contributed by atoms with E-state index in [4.69, 9.17) is 9.72 Å². The maximum atomic E-state index is 13.1. The normalized spacial score (nSPS) is 15.3. The molecule has 1 saturated heterocycles. The maximum Gasteiger partial charge on any atom is 0.411 e. The number of imidazole rings is 1. The minimum Gasteiger partial charge on any atom is -0.370 e. The highest BCUT2D eigenvalue weighted by Crippen LogP contribution is 2.26. The van der Waals surface area contributed by atoms with Crippen LogP contribution in [0.2, 0.25) is 0 Å². The zero-order valence-electron chi connectivity index (χ0n) is 25.1. The average Bonchev–Trinajstić information content (AvgIpc) is 3.23. The van der Waals surface area contributed by atoms with E-state index in [1.165, 1.54) is 5.56 Å². The number of hydrogen-bond donors (Lipinski definition) is 0. The molecular formula is C34H40F3N5O2. The Labute approximate surface area is 256 Å². The zero-order valence-corrected chi connectivity index (χ0v) is 25.1. The van der Waals surface area contributed by atoms with Crippen molar-refractivity contribution in [3.8, 4) is 0 Å². The molecule has 0 saturated carbocycles. The fourth-order valence-electron chi connectivity index (χ4n) is 5.90. The van der Waals surface area contributed by atoms with Gasteiger partial charge in [0.15, 0.2) is 0 Å². The molecular weight excluding hydrogens is 567 g/mol. The number of nitrogens with zero attached hydrogens (tertiary/aromatic N) is 5. The molecule has 1 amide bonds. The van der Waals surface area contributed by atoms with Crippen LogP contribution < -0.4 is 4.90 Å². The first-order valence-corrected chi connectivity index (χ1v) is 15.2. The van der Waals surface area contributed by atoms with Crippen molar-refractivity contribution in [1.29, 1.82) is 0 Å². The standard InChI is InChI=1S/C34H40F3N5O2/c1-39(32(43)28-13-6-3-7-14-28)25-29(27-11-4-2-5-12-27)17-20-40-18-10-19-41(22-21-40)33-38-30-15-8-9-16-31(30)42(33)23-24-44-26-34(35,36)37/h2-9,11-16,29H,10,17-26H2,1H3. The second-order valence-electron chi connectivity index (χ2n) is 11.4. The van der Waals surface area contributed by atoms with E-state index in [2.05, 4.69) is 21.9 Å². The monoisotopic (exact) mass is 607 g/mol. The molecule has 7 nitrogen and oxygen atoms in total. The second-order valence-corrected chi connectivity index (χ2v) is 11.4. The van der Waals surface area contributed by atoms with Crippen molar-refractivity contribution in [2.45, 2.75) is 31.5 Å². The summed E-state index contributed by atoms with van der Waals surface area (Å²) in [5.41, 5.74) is 3.61. The summed E-state index contributed by atoms with van der Waals surface area (Å²) in [6.07, 6.45) is -2.50. The van der Waals surface area contributed by atoms with Crippen LogP contribution in [0.5, 0.6) is 0 Å². The van der Waals surface area contributed by atoms with Crippen molar-refractivity contribution in [1.82, 2.24) is 19.4 Å². The largest absolute Gasteiger partial charge is 0.411 e. The molecule has 1 aliphatic rings. The molecule has 10 heteroatoms. The number of fused-ring (bicyclic) bond motifs is 1. The lowest BCUT2D eigenvalue weighted by Gasteiger charge is -2.28. The van der Waals surface area contributed by atoms with Crippen LogP contribution in [-0.4, -0.2) is 91.0 Å². The summed E-state index contributed by atoms with van der Waals surface area (Å²) in [5.74, 6) is 0.977. The molecule has 44 heavy (non-hydrogen) atoms. The summed E-state index contributed by atoms with van der Waals surface area (Å²) in [5, 5.41) is 0. The summed E-state index contributed by atoms with van der Waals surface area (Å²) in [6.45, 7) is 3.85. The lowest BCUT2D eigenvalue weighted by atomic mass is 9.94. The first-order valence-electron chi connectivity index (χ1n) is 15.2. The number of alkyl halides is 3. The number of ether oxygens (including phenoxy) is 1. The highest BCUT2D eigenvalue weighted by Gasteiger charge is 2.28. The Morgan fingerprint density at radius 3 is 2.36 bits per heavy atom. The van der Waals surface area contributed by atoms with Crippen molar-refractivity contribution in [2.24, 2.45) is 0 Å². The smallest absolute Gasteiger partial charge is 0.370 e. The molecule has 3 aromatic carbocycles. The van der Waals surface area contributed by atoms with E-state index in [0.29, 0.717) is 18.7 Å². The number of likely N-dealkylation sites (N-methyl/N-ethyl adjacent to an activating group) is 1. The molecule has 234 valence electrons. The Balaban J connectivity index is 1.23. The molecule has 0 spiro atoms. The molecule has 4 aromatic rings. The number of aromatic nitrogens is 2. The van der Waals surface area contributed by atoms with Gasteiger partial charge in [0.25, 0.3) is 5.91 Å². The van der Waals surface area contributed by atoms with E-state index >= 15 is 0 Å².